The zero-order valence-electron chi connectivity index (χ0n) is 23.0. The molecule has 0 aliphatic heterocycles. The molecule has 6 nitrogen and oxygen atoms in total. The van der Waals surface area contributed by atoms with Crippen LogP contribution in [0.1, 0.15) is 85.5 Å². The van der Waals surface area contributed by atoms with E-state index in [1.54, 1.807) is 0 Å². The molecule has 0 spiro atoms. The van der Waals surface area contributed by atoms with E-state index in [-0.39, 0.29) is 34.4 Å². The van der Waals surface area contributed by atoms with Crippen LogP contribution in [0.5, 0.6) is 0 Å². The molecule has 4 unspecified atom stereocenters. The van der Waals surface area contributed by atoms with Crippen LogP contribution in [0, 0.1) is 52.3 Å². The number of methoxy groups -OCH3 is 2. The molecule has 4 rings (SSSR count). The number of fused-ring (bicyclic) bond motifs is 5. The minimum Gasteiger partial charge on any atom is -0.468 e. The minimum absolute atomic E-state index is 0.0104. The van der Waals surface area contributed by atoms with Gasteiger partial charge in [0.1, 0.15) is 0 Å². The fourth-order valence-corrected chi connectivity index (χ4v) is 9.46. The zero-order valence-corrected chi connectivity index (χ0v) is 23.0. The standard InChI is InChI=1S/C30H46O6/c1-7-8-19-24-16-18(31)11-13-30(24,4)23-12-14-29(3)21(9-10-22(29)25(23)26(19)32)17(2)15-20(27(33)35-5)28(34)36-6/h16-17,19-23,25-26,32H,7-15H2,1-6H3/t17-,19+,21?,22?,23?,25?,26-,29-,30-/m1/s1. The zero-order chi connectivity index (χ0) is 26.4. The third kappa shape index (κ3) is 4.25. The number of aliphatic hydroxyl groups excluding tert-OH is 1. The summed E-state index contributed by atoms with van der Waals surface area (Å²) in [5.41, 5.74) is 1.26. The molecule has 202 valence electrons. The SMILES string of the molecule is CCC[C@H]1C2=CC(=O)CC[C@]2(C)C2CC[C@@]3(C)C(CCC3[C@H](C)CC(C(=O)OC)C(=O)OC)C2[C@@H]1O. The van der Waals surface area contributed by atoms with Crippen molar-refractivity contribution >= 4 is 17.7 Å². The van der Waals surface area contributed by atoms with Crippen molar-refractivity contribution in [1.29, 1.82) is 0 Å². The number of carbonyl (C=O) groups excluding carboxylic acids is 3. The van der Waals surface area contributed by atoms with E-state index < -0.39 is 24.0 Å². The Bertz CT molecular complexity index is 893. The number of carbonyl (C=O) groups is 3. The summed E-state index contributed by atoms with van der Waals surface area (Å²) in [6, 6.07) is 0. The molecular weight excluding hydrogens is 456 g/mol. The topological polar surface area (TPSA) is 89.9 Å². The van der Waals surface area contributed by atoms with Gasteiger partial charge in [0.15, 0.2) is 11.7 Å². The highest BCUT2D eigenvalue weighted by molar-refractivity contribution is 5.94. The van der Waals surface area contributed by atoms with Gasteiger partial charge >= 0.3 is 11.9 Å². The summed E-state index contributed by atoms with van der Waals surface area (Å²) >= 11 is 0. The fourth-order valence-electron chi connectivity index (χ4n) is 9.46. The normalized spacial score (nSPS) is 40.6. The van der Waals surface area contributed by atoms with E-state index in [1.165, 1.54) is 19.8 Å². The number of ether oxygens (including phenoxy) is 2. The Labute approximate surface area is 216 Å². The van der Waals surface area contributed by atoms with Crippen molar-refractivity contribution in [2.75, 3.05) is 14.2 Å². The molecule has 9 atom stereocenters. The monoisotopic (exact) mass is 502 g/mol. The third-order valence-corrected chi connectivity index (χ3v) is 11.2. The van der Waals surface area contributed by atoms with Gasteiger partial charge in [-0.05, 0) is 91.4 Å². The van der Waals surface area contributed by atoms with Crippen molar-refractivity contribution in [3.8, 4) is 0 Å². The Hall–Kier alpha value is -1.69. The Balaban J connectivity index is 1.63. The van der Waals surface area contributed by atoms with Crippen molar-refractivity contribution in [3.05, 3.63) is 11.6 Å². The van der Waals surface area contributed by atoms with E-state index in [2.05, 4.69) is 27.7 Å². The molecule has 6 heteroatoms. The highest BCUT2D eigenvalue weighted by atomic mass is 16.5. The first kappa shape index (κ1) is 27.3. The van der Waals surface area contributed by atoms with Crippen LogP contribution in [0.2, 0.25) is 0 Å². The van der Waals surface area contributed by atoms with Gasteiger partial charge in [-0.2, -0.15) is 0 Å². The highest BCUT2D eigenvalue weighted by Gasteiger charge is 2.63. The Morgan fingerprint density at radius 1 is 1.08 bits per heavy atom. The van der Waals surface area contributed by atoms with E-state index in [1.807, 2.05) is 6.08 Å². The van der Waals surface area contributed by atoms with Gasteiger partial charge in [-0.15, -0.1) is 0 Å². The van der Waals surface area contributed by atoms with Gasteiger partial charge in [0.25, 0.3) is 0 Å². The maximum Gasteiger partial charge on any atom is 0.320 e. The van der Waals surface area contributed by atoms with E-state index >= 15 is 0 Å². The van der Waals surface area contributed by atoms with Gasteiger partial charge in [0.2, 0.25) is 0 Å². The van der Waals surface area contributed by atoms with Crippen LogP contribution in [0.3, 0.4) is 0 Å². The number of hydrogen-bond donors (Lipinski definition) is 1. The van der Waals surface area contributed by atoms with Gasteiger partial charge < -0.3 is 14.6 Å². The number of rotatable bonds is 7. The smallest absolute Gasteiger partial charge is 0.320 e. The second-order valence-corrected chi connectivity index (χ2v) is 12.7. The molecule has 0 saturated heterocycles. The molecule has 0 aromatic rings. The first-order valence-corrected chi connectivity index (χ1v) is 14.1. The lowest BCUT2D eigenvalue weighted by molar-refractivity contribution is -0.160. The summed E-state index contributed by atoms with van der Waals surface area (Å²) in [5.74, 6) is -0.112. The average molecular weight is 503 g/mol. The summed E-state index contributed by atoms with van der Waals surface area (Å²) < 4.78 is 9.83. The third-order valence-electron chi connectivity index (χ3n) is 11.2. The fraction of sp³-hybridized carbons (Fsp3) is 0.833. The van der Waals surface area contributed by atoms with Crippen molar-refractivity contribution in [1.82, 2.24) is 0 Å². The molecule has 4 aliphatic carbocycles. The van der Waals surface area contributed by atoms with E-state index in [9.17, 15) is 19.5 Å². The van der Waals surface area contributed by atoms with Crippen LogP contribution in [-0.4, -0.2) is 43.2 Å². The van der Waals surface area contributed by atoms with Crippen LogP contribution in [0.4, 0.5) is 0 Å². The van der Waals surface area contributed by atoms with Gasteiger partial charge in [-0.25, -0.2) is 0 Å². The number of ketones is 1. The lowest BCUT2D eigenvalue weighted by Gasteiger charge is -2.62. The summed E-state index contributed by atoms with van der Waals surface area (Å²) in [6.45, 7) is 9.09. The predicted molar refractivity (Wildman–Crippen MR) is 137 cm³/mol. The Morgan fingerprint density at radius 3 is 2.36 bits per heavy atom. The molecule has 36 heavy (non-hydrogen) atoms. The Morgan fingerprint density at radius 2 is 1.75 bits per heavy atom. The number of aliphatic hydroxyl groups is 1. The molecule has 0 aromatic carbocycles. The first-order chi connectivity index (χ1) is 17.0. The van der Waals surface area contributed by atoms with Crippen molar-refractivity contribution in [2.45, 2.75) is 91.6 Å². The molecule has 3 fully saturated rings. The largest absolute Gasteiger partial charge is 0.468 e. The van der Waals surface area contributed by atoms with Crippen molar-refractivity contribution in [3.63, 3.8) is 0 Å². The molecule has 0 bridgehead atoms. The van der Waals surface area contributed by atoms with Gasteiger partial charge in [-0.3, -0.25) is 14.4 Å². The van der Waals surface area contributed by atoms with Crippen LogP contribution in [0.15, 0.2) is 11.6 Å². The van der Waals surface area contributed by atoms with Crippen molar-refractivity contribution < 1.29 is 29.0 Å². The maximum atomic E-state index is 12.4. The minimum atomic E-state index is -0.894. The summed E-state index contributed by atoms with van der Waals surface area (Å²) in [7, 11) is 2.63. The quantitative estimate of drug-likeness (QED) is 0.384. The number of hydrogen-bond acceptors (Lipinski definition) is 6. The highest BCUT2D eigenvalue weighted by Crippen LogP contribution is 2.68. The summed E-state index contributed by atoms with van der Waals surface area (Å²) in [6.07, 6.45) is 9.57. The maximum absolute atomic E-state index is 12.4. The van der Waals surface area contributed by atoms with E-state index in [4.69, 9.17) is 9.47 Å². The average Bonchev–Trinajstić information content (AvgIpc) is 3.22. The predicted octanol–water partition coefficient (Wildman–Crippen LogP) is 5.12. The lowest BCUT2D eigenvalue weighted by Crippen LogP contribution is -2.58. The van der Waals surface area contributed by atoms with Crippen molar-refractivity contribution in [2.24, 2.45) is 52.3 Å². The first-order valence-electron chi connectivity index (χ1n) is 14.1. The molecule has 4 aliphatic rings. The van der Waals surface area contributed by atoms with Crippen LogP contribution in [-0.2, 0) is 23.9 Å². The van der Waals surface area contributed by atoms with E-state index in [0.717, 1.165) is 44.9 Å². The molecule has 0 amide bonds. The Kier molecular flexibility index (Phi) is 7.77. The van der Waals surface area contributed by atoms with Crippen LogP contribution >= 0.6 is 0 Å². The van der Waals surface area contributed by atoms with Gasteiger partial charge in [-0.1, -0.05) is 39.7 Å². The van der Waals surface area contributed by atoms with Gasteiger partial charge in [0.05, 0.1) is 20.3 Å². The van der Waals surface area contributed by atoms with Crippen LogP contribution in [0.25, 0.3) is 0 Å². The summed E-state index contributed by atoms with van der Waals surface area (Å²) in [5, 5.41) is 11.9. The second-order valence-electron chi connectivity index (χ2n) is 12.7. The van der Waals surface area contributed by atoms with Crippen LogP contribution < -0.4 is 0 Å². The summed E-state index contributed by atoms with van der Waals surface area (Å²) in [4.78, 5) is 37.2. The molecular formula is C30H46O6. The molecule has 0 heterocycles. The molecule has 0 aromatic heterocycles. The lowest BCUT2D eigenvalue weighted by atomic mass is 9.43. The molecule has 0 radical (unpaired) electrons. The molecule has 3 saturated carbocycles. The second kappa shape index (κ2) is 10.2. The molecule has 1 N–H and O–H groups in total. The van der Waals surface area contributed by atoms with E-state index in [0.29, 0.717) is 30.6 Å². The number of esters is 2. The van der Waals surface area contributed by atoms with Gasteiger partial charge in [0, 0.05) is 12.3 Å².